The van der Waals surface area contributed by atoms with E-state index in [1.54, 1.807) is 11.9 Å². The van der Waals surface area contributed by atoms with E-state index < -0.39 is 0 Å². The molecule has 0 aliphatic rings. The standard InChI is InChI=1S/C10H14ClN3O/c1-7(14(2)10(12)13-15)8-3-5-9(11)6-4-8/h3-7,15H,1-2H3,(H2,12,13). The monoisotopic (exact) mass is 227 g/mol. The van der Waals surface area contributed by atoms with Crippen molar-refractivity contribution in [2.24, 2.45) is 10.9 Å². The first kappa shape index (κ1) is 11.7. The van der Waals surface area contributed by atoms with Crippen molar-refractivity contribution in [1.82, 2.24) is 4.90 Å². The van der Waals surface area contributed by atoms with Crippen LogP contribution in [-0.4, -0.2) is 23.1 Å². The summed E-state index contributed by atoms with van der Waals surface area (Å²) in [6, 6.07) is 7.47. The number of halogens is 1. The van der Waals surface area contributed by atoms with Gasteiger partial charge in [0.15, 0.2) is 0 Å². The van der Waals surface area contributed by atoms with Crippen LogP contribution in [0.2, 0.25) is 5.02 Å². The topological polar surface area (TPSA) is 61.8 Å². The average Bonchev–Trinajstić information content (AvgIpc) is 2.27. The highest BCUT2D eigenvalue weighted by Gasteiger charge is 2.13. The second-order valence-electron chi connectivity index (χ2n) is 3.30. The van der Waals surface area contributed by atoms with Crippen molar-refractivity contribution in [3.05, 3.63) is 34.9 Å². The number of guanidine groups is 1. The predicted molar refractivity (Wildman–Crippen MR) is 61.0 cm³/mol. The van der Waals surface area contributed by atoms with E-state index in [2.05, 4.69) is 5.16 Å². The third-order valence-electron chi connectivity index (χ3n) is 2.40. The van der Waals surface area contributed by atoms with Crippen LogP contribution in [0.5, 0.6) is 0 Å². The predicted octanol–water partition coefficient (Wildman–Crippen LogP) is 2.04. The van der Waals surface area contributed by atoms with E-state index >= 15 is 0 Å². The molecule has 0 aliphatic carbocycles. The zero-order valence-corrected chi connectivity index (χ0v) is 9.44. The molecule has 1 rings (SSSR count). The first-order valence-corrected chi connectivity index (χ1v) is 4.90. The Bertz CT molecular complexity index is 350. The summed E-state index contributed by atoms with van der Waals surface area (Å²) in [6.45, 7) is 1.96. The lowest BCUT2D eigenvalue weighted by Crippen LogP contribution is -2.35. The Morgan fingerprint density at radius 1 is 1.47 bits per heavy atom. The molecule has 0 fully saturated rings. The number of nitrogens with zero attached hydrogens (tertiary/aromatic N) is 2. The van der Waals surface area contributed by atoms with Crippen LogP contribution >= 0.6 is 11.6 Å². The first-order chi connectivity index (χ1) is 7.06. The van der Waals surface area contributed by atoms with Gasteiger partial charge in [0.2, 0.25) is 5.96 Å². The maximum atomic E-state index is 8.55. The Morgan fingerprint density at radius 2 is 2.00 bits per heavy atom. The van der Waals surface area contributed by atoms with Crippen LogP contribution in [0.4, 0.5) is 0 Å². The smallest absolute Gasteiger partial charge is 0.233 e. The van der Waals surface area contributed by atoms with Gasteiger partial charge in [0.1, 0.15) is 0 Å². The average molecular weight is 228 g/mol. The second-order valence-corrected chi connectivity index (χ2v) is 3.73. The molecule has 0 aliphatic heterocycles. The Labute approximate surface area is 93.9 Å². The van der Waals surface area contributed by atoms with Crippen LogP contribution in [-0.2, 0) is 0 Å². The van der Waals surface area contributed by atoms with Crippen molar-refractivity contribution in [2.45, 2.75) is 13.0 Å². The third-order valence-corrected chi connectivity index (χ3v) is 2.65. The molecule has 3 N–H and O–H groups in total. The summed E-state index contributed by atoms with van der Waals surface area (Å²) in [4.78, 5) is 1.67. The van der Waals surface area contributed by atoms with Crippen molar-refractivity contribution >= 4 is 17.6 Å². The molecule has 0 radical (unpaired) electrons. The molecule has 1 unspecified atom stereocenters. The summed E-state index contributed by atoms with van der Waals surface area (Å²) < 4.78 is 0. The highest BCUT2D eigenvalue weighted by molar-refractivity contribution is 6.30. The van der Waals surface area contributed by atoms with Crippen molar-refractivity contribution in [3.63, 3.8) is 0 Å². The first-order valence-electron chi connectivity index (χ1n) is 4.52. The van der Waals surface area contributed by atoms with E-state index in [4.69, 9.17) is 22.5 Å². The SMILES string of the molecule is CC(c1ccc(Cl)cc1)N(C)C(N)=NO. The summed E-state index contributed by atoms with van der Waals surface area (Å²) >= 11 is 5.78. The fourth-order valence-electron chi connectivity index (χ4n) is 1.23. The number of hydrogen-bond donors (Lipinski definition) is 2. The molecule has 5 heteroatoms. The lowest BCUT2D eigenvalue weighted by Gasteiger charge is -2.25. The van der Waals surface area contributed by atoms with Crippen LogP contribution in [0.25, 0.3) is 0 Å². The van der Waals surface area contributed by atoms with Gasteiger partial charge < -0.3 is 15.8 Å². The quantitative estimate of drug-likeness (QED) is 0.352. The number of nitrogens with two attached hydrogens (primary N) is 1. The third kappa shape index (κ3) is 2.76. The normalized spacial score (nSPS) is 13.7. The number of oxime groups is 1. The number of hydrogen-bond acceptors (Lipinski definition) is 2. The fourth-order valence-corrected chi connectivity index (χ4v) is 1.36. The molecular formula is C10H14ClN3O. The minimum atomic E-state index is 0.0261. The van der Waals surface area contributed by atoms with Gasteiger partial charge in [-0.1, -0.05) is 28.9 Å². The maximum absolute atomic E-state index is 8.55. The van der Waals surface area contributed by atoms with Crippen LogP contribution in [0.15, 0.2) is 29.4 Å². The summed E-state index contributed by atoms with van der Waals surface area (Å²) in [5.74, 6) is 0.0810. The van der Waals surface area contributed by atoms with Crippen LogP contribution < -0.4 is 5.73 Å². The van der Waals surface area contributed by atoms with Gasteiger partial charge in [0, 0.05) is 12.1 Å². The molecule has 1 atom stereocenters. The molecule has 0 saturated carbocycles. The van der Waals surface area contributed by atoms with Crippen molar-refractivity contribution in [3.8, 4) is 0 Å². The van der Waals surface area contributed by atoms with Gasteiger partial charge in [-0.2, -0.15) is 0 Å². The van der Waals surface area contributed by atoms with Crippen LogP contribution in [0.1, 0.15) is 18.5 Å². The Balaban J connectivity index is 2.85. The summed E-state index contributed by atoms with van der Waals surface area (Å²) in [5, 5.41) is 12.2. The van der Waals surface area contributed by atoms with Gasteiger partial charge in [-0.05, 0) is 24.6 Å². The van der Waals surface area contributed by atoms with Crippen LogP contribution in [0.3, 0.4) is 0 Å². The van der Waals surface area contributed by atoms with Crippen LogP contribution in [0, 0.1) is 0 Å². The highest BCUT2D eigenvalue weighted by Crippen LogP contribution is 2.20. The molecule has 1 aromatic carbocycles. The Hall–Kier alpha value is -1.42. The Morgan fingerprint density at radius 3 is 2.47 bits per heavy atom. The van der Waals surface area contributed by atoms with E-state index in [1.165, 1.54) is 0 Å². The minimum Gasteiger partial charge on any atom is -0.408 e. The van der Waals surface area contributed by atoms with E-state index in [1.807, 2.05) is 31.2 Å². The molecule has 0 amide bonds. The molecule has 0 heterocycles. The van der Waals surface area contributed by atoms with Gasteiger partial charge in [-0.3, -0.25) is 0 Å². The molecule has 0 saturated heterocycles. The highest BCUT2D eigenvalue weighted by atomic mass is 35.5. The van der Waals surface area contributed by atoms with E-state index in [0.717, 1.165) is 5.56 Å². The van der Waals surface area contributed by atoms with Crippen molar-refractivity contribution in [1.29, 1.82) is 0 Å². The molecule has 0 spiro atoms. The minimum absolute atomic E-state index is 0.0261. The van der Waals surface area contributed by atoms with Gasteiger partial charge >= 0.3 is 0 Å². The largest absolute Gasteiger partial charge is 0.408 e. The molecule has 0 aromatic heterocycles. The van der Waals surface area contributed by atoms with Crippen molar-refractivity contribution in [2.75, 3.05) is 7.05 Å². The summed E-state index contributed by atoms with van der Waals surface area (Å²) in [6.07, 6.45) is 0. The molecule has 0 bridgehead atoms. The lowest BCUT2D eigenvalue weighted by molar-refractivity contribution is 0.294. The zero-order chi connectivity index (χ0) is 11.4. The van der Waals surface area contributed by atoms with E-state index in [0.29, 0.717) is 5.02 Å². The van der Waals surface area contributed by atoms with Crippen molar-refractivity contribution < 1.29 is 5.21 Å². The molecule has 4 nitrogen and oxygen atoms in total. The lowest BCUT2D eigenvalue weighted by atomic mass is 10.1. The van der Waals surface area contributed by atoms with Gasteiger partial charge in [-0.25, -0.2) is 0 Å². The number of benzene rings is 1. The molecule has 15 heavy (non-hydrogen) atoms. The van der Waals surface area contributed by atoms with E-state index in [9.17, 15) is 0 Å². The molecular weight excluding hydrogens is 214 g/mol. The van der Waals surface area contributed by atoms with Gasteiger partial charge in [-0.15, -0.1) is 0 Å². The van der Waals surface area contributed by atoms with Gasteiger partial charge in [0.05, 0.1) is 6.04 Å². The molecule has 1 aromatic rings. The zero-order valence-electron chi connectivity index (χ0n) is 8.68. The summed E-state index contributed by atoms with van der Waals surface area (Å²) in [5.41, 5.74) is 6.53. The Kier molecular flexibility index (Phi) is 3.80. The van der Waals surface area contributed by atoms with Gasteiger partial charge in [0.25, 0.3) is 0 Å². The fraction of sp³-hybridized carbons (Fsp3) is 0.300. The maximum Gasteiger partial charge on any atom is 0.233 e. The summed E-state index contributed by atoms with van der Waals surface area (Å²) in [7, 11) is 1.76. The second kappa shape index (κ2) is 4.89. The molecule has 82 valence electrons. The number of rotatable bonds is 2. The van der Waals surface area contributed by atoms with E-state index in [-0.39, 0.29) is 12.0 Å².